The third-order valence-corrected chi connectivity index (χ3v) is 7.75. The first-order valence-corrected chi connectivity index (χ1v) is 13.5. The molecule has 6 rings (SSSR count). The number of urea groups is 1. The Hall–Kier alpha value is -3.76. The number of thiazole rings is 1. The molecule has 2 aromatic carbocycles. The quantitative estimate of drug-likeness (QED) is 0.283. The Morgan fingerprint density at radius 3 is 2.65 bits per heavy atom. The molecule has 0 radical (unpaired) electrons. The first-order chi connectivity index (χ1) is 18.1. The van der Waals surface area contributed by atoms with E-state index in [0.29, 0.717) is 31.3 Å². The molecule has 1 aliphatic heterocycles. The summed E-state index contributed by atoms with van der Waals surface area (Å²) < 4.78 is 0.998. The lowest BCUT2D eigenvalue weighted by molar-refractivity contribution is 0.126. The molecular formula is C27H29N7O2S. The minimum absolute atomic E-state index is 0.0679. The molecule has 1 aliphatic carbocycles. The average Bonchev–Trinajstić information content (AvgIpc) is 3.50. The second-order valence-electron chi connectivity index (χ2n) is 9.56. The molecule has 1 saturated carbocycles. The van der Waals surface area contributed by atoms with E-state index < -0.39 is 0 Å². The second kappa shape index (κ2) is 10.3. The van der Waals surface area contributed by atoms with Gasteiger partial charge in [-0.2, -0.15) is 4.98 Å². The molecule has 37 heavy (non-hydrogen) atoms. The number of anilines is 4. The summed E-state index contributed by atoms with van der Waals surface area (Å²) in [5.41, 5.74) is 3.82. The third-order valence-electron chi connectivity index (χ3n) is 6.81. The van der Waals surface area contributed by atoms with Gasteiger partial charge in [0, 0.05) is 37.3 Å². The highest BCUT2D eigenvalue weighted by Crippen LogP contribution is 2.32. The molecule has 0 bridgehead atoms. The van der Waals surface area contributed by atoms with Crippen LogP contribution in [0.25, 0.3) is 10.2 Å². The molecule has 190 valence electrons. The summed E-state index contributed by atoms with van der Waals surface area (Å²) in [7, 11) is 0. The van der Waals surface area contributed by atoms with Crippen LogP contribution >= 0.6 is 11.3 Å². The van der Waals surface area contributed by atoms with E-state index in [-0.39, 0.29) is 18.2 Å². The summed E-state index contributed by atoms with van der Waals surface area (Å²) in [6.45, 7) is 1.32. The summed E-state index contributed by atoms with van der Waals surface area (Å²) >= 11 is 1.53. The lowest BCUT2D eigenvalue weighted by Crippen LogP contribution is -2.29. The van der Waals surface area contributed by atoms with Crippen molar-refractivity contribution in [3.63, 3.8) is 0 Å². The number of carbonyl (C=O) groups is 1. The number of carbonyl (C=O) groups excluding carboxylic acids is 1. The maximum absolute atomic E-state index is 12.1. The Kier molecular flexibility index (Phi) is 6.58. The van der Waals surface area contributed by atoms with Crippen molar-refractivity contribution in [2.24, 2.45) is 0 Å². The van der Waals surface area contributed by atoms with Gasteiger partial charge in [-0.3, -0.25) is 4.90 Å². The fourth-order valence-electron chi connectivity index (χ4n) is 4.89. The van der Waals surface area contributed by atoms with Crippen molar-refractivity contribution in [1.29, 1.82) is 0 Å². The van der Waals surface area contributed by atoms with Crippen LogP contribution in [0.3, 0.4) is 0 Å². The third kappa shape index (κ3) is 5.50. The molecule has 2 aliphatic rings. The Bertz CT molecular complexity index is 1400. The SMILES string of the molecule is O=C1NCCN1c1ccc2nc(Nc3cc(Cc4ccccc4)nc(NC4CCC(O)CC4)n3)sc2c1. The van der Waals surface area contributed by atoms with Gasteiger partial charge in [0.15, 0.2) is 5.13 Å². The van der Waals surface area contributed by atoms with Crippen molar-refractivity contribution < 1.29 is 9.90 Å². The standard InChI is InChI=1S/C27H29N7O2S/c35-21-9-6-18(7-10-21)29-25-30-19(14-17-4-2-1-3-5-17)15-24(32-25)33-26-31-22-11-8-20(16-23(22)37-26)34-13-12-28-27(34)36/h1-5,8,11,15-16,18,21,35H,6-7,9-10,12-14H2,(H,28,36)(H2,29,30,31,32,33). The molecule has 1 saturated heterocycles. The number of nitrogens with zero attached hydrogens (tertiary/aromatic N) is 4. The van der Waals surface area contributed by atoms with Crippen molar-refractivity contribution in [1.82, 2.24) is 20.3 Å². The smallest absolute Gasteiger partial charge is 0.321 e. The number of rotatable bonds is 7. The van der Waals surface area contributed by atoms with Crippen LogP contribution in [0.5, 0.6) is 0 Å². The van der Waals surface area contributed by atoms with E-state index in [4.69, 9.17) is 15.0 Å². The highest BCUT2D eigenvalue weighted by Gasteiger charge is 2.22. The molecule has 2 aromatic heterocycles. The van der Waals surface area contributed by atoms with Gasteiger partial charge in [0.25, 0.3) is 0 Å². The number of fused-ring (bicyclic) bond motifs is 1. The fraction of sp³-hybridized carbons (Fsp3) is 0.333. The maximum atomic E-state index is 12.1. The molecule has 2 amide bonds. The topological polar surface area (TPSA) is 115 Å². The normalized spacial score (nSPS) is 19.7. The van der Waals surface area contributed by atoms with Crippen molar-refractivity contribution in [2.45, 2.75) is 44.2 Å². The van der Waals surface area contributed by atoms with Crippen LogP contribution in [0.15, 0.2) is 54.6 Å². The number of hydrogen-bond acceptors (Lipinski definition) is 8. The van der Waals surface area contributed by atoms with Crippen LogP contribution < -0.4 is 20.9 Å². The van der Waals surface area contributed by atoms with E-state index in [1.807, 2.05) is 42.5 Å². The highest BCUT2D eigenvalue weighted by molar-refractivity contribution is 7.22. The van der Waals surface area contributed by atoms with Crippen molar-refractivity contribution >= 4 is 50.2 Å². The largest absolute Gasteiger partial charge is 0.393 e. The van der Waals surface area contributed by atoms with E-state index in [9.17, 15) is 9.90 Å². The zero-order valence-electron chi connectivity index (χ0n) is 20.4. The molecule has 0 unspecified atom stereocenters. The van der Waals surface area contributed by atoms with Gasteiger partial charge < -0.3 is 21.1 Å². The molecule has 9 nitrogen and oxygen atoms in total. The number of aromatic nitrogens is 3. The predicted molar refractivity (Wildman–Crippen MR) is 147 cm³/mol. The van der Waals surface area contributed by atoms with Crippen molar-refractivity contribution in [3.8, 4) is 0 Å². The van der Waals surface area contributed by atoms with E-state index >= 15 is 0 Å². The number of hydrogen-bond donors (Lipinski definition) is 4. The molecule has 2 fully saturated rings. The lowest BCUT2D eigenvalue weighted by atomic mass is 9.93. The summed E-state index contributed by atoms with van der Waals surface area (Å²) in [5, 5.41) is 20.3. The van der Waals surface area contributed by atoms with Crippen LogP contribution in [0.4, 0.5) is 27.4 Å². The number of aliphatic hydroxyl groups excluding tert-OH is 1. The first kappa shape index (κ1) is 23.6. The number of benzene rings is 2. The minimum atomic E-state index is -0.208. The number of nitrogens with one attached hydrogen (secondary N) is 3. The van der Waals surface area contributed by atoms with Crippen molar-refractivity contribution in [3.05, 3.63) is 65.9 Å². The maximum Gasteiger partial charge on any atom is 0.321 e. The van der Waals surface area contributed by atoms with E-state index in [1.54, 1.807) is 4.90 Å². The summed E-state index contributed by atoms with van der Waals surface area (Å²) in [5.74, 6) is 1.26. The first-order valence-electron chi connectivity index (χ1n) is 12.7. The Balaban J connectivity index is 1.26. The molecule has 4 N–H and O–H groups in total. The highest BCUT2D eigenvalue weighted by atomic mass is 32.1. The van der Waals surface area contributed by atoms with Gasteiger partial charge in [0.1, 0.15) is 5.82 Å². The van der Waals surface area contributed by atoms with Gasteiger partial charge >= 0.3 is 6.03 Å². The van der Waals surface area contributed by atoms with Crippen LogP contribution in [0.1, 0.15) is 36.9 Å². The summed E-state index contributed by atoms with van der Waals surface area (Å²) in [6, 6.07) is 18.3. The van der Waals surface area contributed by atoms with Crippen LogP contribution in [0.2, 0.25) is 0 Å². The summed E-state index contributed by atoms with van der Waals surface area (Å²) in [6.07, 6.45) is 3.85. The predicted octanol–water partition coefficient (Wildman–Crippen LogP) is 4.67. The van der Waals surface area contributed by atoms with Gasteiger partial charge in [0.2, 0.25) is 5.95 Å². The summed E-state index contributed by atoms with van der Waals surface area (Å²) in [4.78, 5) is 28.1. The Morgan fingerprint density at radius 1 is 1.03 bits per heavy atom. The molecule has 4 aromatic rings. The van der Waals surface area contributed by atoms with Crippen LogP contribution in [-0.2, 0) is 6.42 Å². The van der Waals surface area contributed by atoms with Gasteiger partial charge in [-0.15, -0.1) is 0 Å². The number of amides is 2. The molecular weight excluding hydrogens is 486 g/mol. The van der Waals surface area contributed by atoms with E-state index in [0.717, 1.165) is 52.4 Å². The van der Waals surface area contributed by atoms with Crippen LogP contribution in [0, 0.1) is 0 Å². The van der Waals surface area contributed by atoms with E-state index in [2.05, 4.69) is 28.1 Å². The minimum Gasteiger partial charge on any atom is -0.393 e. The van der Waals surface area contributed by atoms with Gasteiger partial charge in [-0.05, 0) is 49.4 Å². The molecule has 10 heteroatoms. The molecule has 3 heterocycles. The molecule has 0 atom stereocenters. The van der Waals surface area contributed by atoms with Crippen molar-refractivity contribution in [2.75, 3.05) is 28.6 Å². The number of aliphatic hydroxyl groups is 1. The molecule has 0 spiro atoms. The zero-order chi connectivity index (χ0) is 25.2. The Labute approximate surface area is 219 Å². The van der Waals surface area contributed by atoms with Gasteiger partial charge in [-0.25, -0.2) is 14.8 Å². The Morgan fingerprint density at radius 2 is 1.86 bits per heavy atom. The van der Waals surface area contributed by atoms with Gasteiger partial charge in [0.05, 0.1) is 22.0 Å². The second-order valence-corrected chi connectivity index (χ2v) is 10.6. The van der Waals surface area contributed by atoms with Gasteiger partial charge in [-0.1, -0.05) is 41.7 Å². The zero-order valence-corrected chi connectivity index (χ0v) is 21.2. The average molecular weight is 516 g/mol. The monoisotopic (exact) mass is 515 g/mol. The fourth-order valence-corrected chi connectivity index (χ4v) is 5.79. The van der Waals surface area contributed by atoms with E-state index in [1.165, 1.54) is 16.9 Å². The lowest BCUT2D eigenvalue weighted by Gasteiger charge is -2.26. The van der Waals surface area contributed by atoms with Crippen LogP contribution in [-0.4, -0.2) is 51.3 Å².